The predicted molar refractivity (Wildman–Crippen MR) is 109 cm³/mol. The van der Waals surface area contributed by atoms with Gasteiger partial charge in [-0.2, -0.15) is 5.10 Å². The van der Waals surface area contributed by atoms with Crippen LogP contribution in [0.25, 0.3) is 21.8 Å². The Bertz CT molecular complexity index is 1090. The molecule has 1 aromatic carbocycles. The number of rotatable bonds is 4. The number of aromatic amines is 1. The van der Waals surface area contributed by atoms with E-state index < -0.39 is 0 Å². The maximum absolute atomic E-state index is 13.0. The van der Waals surface area contributed by atoms with Gasteiger partial charge in [-0.05, 0) is 64.0 Å². The lowest BCUT2D eigenvalue weighted by molar-refractivity contribution is 0.383. The van der Waals surface area contributed by atoms with E-state index in [1.807, 2.05) is 29.7 Å². The molecule has 3 N–H and O–H groups in total. The largest absolute Gasteiger partial charge is 0.330 e. The number of nitrogens with two attached hydrogens (primary N) is 1. The van der Waals surface area contributed by atoms with Gasteiger partial charge in [0.1, 0.15) is 5.52 Å². The first kappa shape index (κ1) is 17.8. The van der Waals surface area contributed by atoms with Crippen LogP contribution in [0.15, 0.2) is 23.0 Å². The fourth-order valence-electron chi connectivity index (χ4n) is 3.83. The maximum atomic E-state index is 13.0. The van der Waals surface area contributed by atoms with Gasteiger partial charge in [-0.1, -0.05) is 11.8 Å². The first-order valence-electron chi connectivity index (χ1n) is 9.61. The van der Waals surface area contributed by atoms with Gasteiger partial charge in [0.05, 0.1) is 17.4 Å². The molecule has 6 nitrogen and oxygen atoms in total. The molecule has 0 atom stereocenters. The minimum absolute atomic E-state index is 0.00920. The number of hydrogen-bond donors (Lipinski definition) is 2. The molecule has 3 heterocycles. The Hall–Kier alpha value is -2.62. The van der Waals surface area contributed by atoms with Crippen LogP contribution in [-0.2, 0) is 6.54 Å². The molecule has 3 aromatic rings. The molecule has 4 rings (SSSR count). The lowest BCUT2D eigenvalue weighted by Crippen LogP contribution is -2.22. The van der Waals surface area contributed by atoms with E-state index in [4.69, 9.17) is 5.73 Å². The van der Waals surface area contributed by atoms with Crippen LogP contribution in [0.4, 0.5) is 0 Å². The molecule has 1 saturated heterocycles. The van der Waals surface area contributed by atoms with Crippen LogP contribution in [0.5, 0.6) is 0 Å². The van der Waals surface area contributed by atoms with Crippen LogP contribution in [0.3, 0.4) is 0 Å². The van der Waals surface area contributed by atoms with Crippen molar-refractivity contribution in [1.82, 2.24) is 19.7 Å². The van der Waals surface area contributed by atoms with Gasteiger partial charge in [0, 0.05) is 23.2 Å². The van der Waals surface area contributed by atoms with Gasteiger partial charge < -0.3 is 10.3 Å². The molecule has 0 unspecified atom stereocenters. The van der Waals surface area contributed by atoms with E-state index in [0.29, 0.717) is 18.5 Å². The minimum atomic E-state index is -0.00920. The Labute approximate surface area is 158 Å². The van der Waals surface area contributed by atoms with E-state index >= 15 is 0 Å². The van der Waals surface area contributed by atoms with Crippen molar-refractivity contribution in [3.63, 3.8) is 0 Å². The summed E-state index contributed by atoms with van der Waals surface area (Å²) in [4.78, 5) is 15.3. The first-order chi connectivity index (χ1) is 13.2. The highest BCUT2D eigenvalue weighted by atomic mass is 16.1. The monoisotopic (exact) mass is 363 g/mol. The molecule has 0 saturated carbocycles. The number of H-pyrrole nitrogens is 1. The fraction of sp³-hybridized carbons (Fsp3) is 0.429. The quantitative estimate of drug-likeness (QED) is 0.695. The molecule has 0 radical (unpaired) electrons. The Morgan fingerprint density at radius 1 is 1.30 bits per heavy atom. The SMILES string of the molecule is Cc1[nH]nc2c1c(=O)n(CCCN)c1ccc(C#CCN3CCCC3)cc21. The third kappa shape index (κ3) is 3.36. The lowest BCUT2D eigenvalue weighted by atomic mass is 10.1. The first-order valence-corrected chi connectivity index (χ1v) is 9.61. The summed E-state index contributed by atoms with van der Waals surface area (Å²) in [6.45, 7) is 6.14. The Balaban J connectivity index is 1.80. The summed E-state index contributed by atoms with van der Waals surface area (Å²) >= 11 is 0. The van der Waals surface area contributed by atoms with Crippen molar-refractivity contribution in [3.8, 4) is 11.8 Å². The Morgan fingerprint density at radius 3 is 2.89 bits per heavy atom. The minimum Gasteiger partial charge on any atom is -0.330 e. The molecule has 0 bridgehead atoms. The molecule has 140 valence electrons. The average molecular weight is 363 g/mol. The summed E-state index contributed by atoms with van der Waals surface area (Å²) in [5, 5.41) is 8.97. The summed E-state index contributed by atoms with van der Waals surface area (Å²) in [5.74, 6) is 6.56. The zero-order valence-electron chi connectivity index (χ0n) is 15.7. The number of likely N-dealkylation sites (tertiary alicyclic amines) is 1. The summed E-state index contributed by atoms with van der Waals surface area (Å²) in [7, 11) is 0. The van der Waals surface area contributed by atoms with Gasteiger partial charge in [-0.3, -0.25) is 14.8 Å². The number of nitrogens with zero attached hydrogens (tertiary/aromatic N) is 3. The average Bonchev–Trinajstić information content (AvgIpc) is 3.32. The zero-order valence-corrected chi connectivity index (χ0v) is 15.7. The van der Waals surface area contributed by atoms with Gasteiger partial charge in [0.2, 0.25) is 0 Å². The summed E-state index contributed by atoms with van der Waals surface area (Å²) < 4.78 is 1.81. The molecular formula is C21H25N5O. The number of pyridine rings is 1. The van der Waals surface area contributed by atoms with Crippen molar-refractivity contribution in [2.75, 3.05) is 26.2 Å². The van der Waals surface area contributed by atoms with Crippen LogP contribution in [0.2, 0.25) is 0 Å². The van der Waals surface area contributed by atoms with Crippen molar-refractivity contribution in [1.29, 1.82) is 0 Å². The van der Waals surface area contributed by atoms with Crippen LogP contribution >= 0.6 is 0 Å². The van der Waals surface area contributed by atoms with Crippen molar-refractivity contribution in [2.45, 2.75) is 32.7 Å². The molecule has 1 fully saturated rings. The Kier molecular flexibility index (Phi) is 4.97. The van der Waals surface area contributed by atoms with E-state index in [1.54, 1.807) is 0 Å². The number of nitrogens with one attached hydrogen (secondary N) is 1. The summed E-state index contributed by atoms with van der Waals surface area (Å²) in [6, 6.07) is 6.02. The van der Waals surface area contributed by atoms with Crippen molar-refractivity contribution < 1.29 is 0 Å². The number of fused-ring (bicyclic) bond motifs is 3. The zero-order chi connectivity index (χ0) is 18.8. The predicted octanol–water partition coefficient (Wildman–Crippen LogP) is 1.98. The highest BCUT2D eigenvalue weighted by molar-refractivity contribution is 6.04. The van der Waals surface area contributed by atoms with Crippen molar-refractivity contribution >= 4 is 21.8 Å². The maximum Gasteiger partial charge on any atom is 0.262 e. The van der Waals surface area contributed by atoms with E-state index in [9.17, 15) is 4.79 Å². The second-order valence-electron chi connectivity index (χ2n) is 7.19. The van der Waals surface area contributed by atoms with Gasteiger partial charge in [-0.25, -0.2) is 0 Å². The highest BCUT2D eigenvalue weighted by Gasteiger charge is 2.15. The topological polar surface area (TPSA) is 79.9 Å². The molecule has 27 heavy (non-hydrogen) atoms. The van der Waals surface area contributed by atoms with Gasteiger partial charge >= 0.3 is 0 Å². The van der Waals surface area contributed by atoms with Gasteiger partial charge in [-0.15, -0.1) is 0 Å². The second-order valence-corrected chi connectivity index (χ2v) is 7.19. The molecule has 0 aliphatic carbocycles. The highest BCUT2D eigenvalue weighted by Crippen LogP contribution is 2.24. The summed E-state index contributed by atoms with van der Waals surface area (Å²) in [5.41, 5.74) is 9.01. The fourth-order valence-corrected chi connectivity index (χ4v) is 3.83. The molecular weight excluding hydrogens is 338 g/mol. The molecule has 6 heteroatoms. The normalized spacial score (nSPS) is 14.7. The molecule has 0 spiro atoms. The van der Waals surface area contributed by atoms with Gasteiger partial charge in [0.25, 0.3) is 5.56 Å². The van der Waals surface area contributed by atoms with Gasteiger partial charge in [0.15, 0.2) is 0 Å². The molecule has 0 amide bonds. The van der Waals surface area contributed by atoms with E-state index in [1.165, 1.54) is 12.8 Å². The van der Waals surface area contributed by atoms with E-state index in [2.05, 4.69) is 26.9 Å². The standard InChI is InChI=1S/C21H25N5O/c1-15-19-20(24-23-15)17-14-16(6-4-12-25-10-2-3-11-25)7-8-18(17)26(21(19)27)13-5-9-22/h7-8,14H,2-3,5,9-13,22H2,1H3,(H,23,24). The number of aryl methyl sites for hydroxylation is 2. The number of benzene rings is 1. The van der Waals surface area contributed by atoms with E-state index in [0.717, 1.165) is 53.7 Å². The molecule has 2 aromatic heterocycles. The lowest BCUT2D eigenvalue weighted by Gasteiger charge is -2.11. The van der Waals surface area contributed by atoms with Crippen LogP contribution in [0.1, 0.15) is 30.5 Å². The Morgan fingerprint density at radius 2 is 2.11 bits per heavy atom. The summed E-state index contributed by atoms with van der Waals surface area (Å²) in [6.07, 6.45) is 3.30. The number of aromatic nitrogens is 3. The molecule has 1 aliphatic rings. The van der Waals surface area contributed by atoms with Crippen molar-refractivity contribution in [3.05, 3.63) is 39.8 Å². The smallest absolute Gasteiger partial charge is 0.262 e. The van der Waals surface area contributed by atoms with Crippen molar-refractivity contribution in [2.24, 2.45) is 5.73 Å². The molecule has 1 aliphatic heterocycles. The third-order valence-electron chi connectivity index (χ3n) is 5.27. The van der Waals surface area contributed by atoms with Crippen LogP contribution in [-0.4, -0.2) is 45.8 Å². The van der Waals surface area contributed by atoms with Crippen LogP contribution in [0, 0.1) is 18.8 Å². The van der Waals surface area contributed by atoms with Crippen LogP contribution < -0.4 is 11.3 Å². The number of hydrogen-bond acceptors (Lipinski definition) is 4. The third-order valence-corrected chi connectivity index (χ3v) is 5.27. The van der Waals surface area contributed by atoms with E-state index in [-0.39, 0.29) is 5.56 Å². The second kappa shape index (κ2) is 7.55.